The number of rotatable bonds is 6. The Hall–Kier alpha value is -1.09. The molecule has 0 aromatic heterocycles. The molecule has 0 radical (unpaired) electrons. The number of anilines is 1. The van der Waals surface area contributed by atoms with Gasteiger partial charge >= 0.3 is 0 Å². The van der Waals surface area contributed by atoms with Crippen LogP contribution in [0.2, 0.25) is 0 Å². The van der Waals surface area contributed by atoms with E-state index in [-0.39, 0.29) is 11.9 Å². The van der Waals surface area contributed by atoms with E-state index in [1.54, 1.807) is 13.0 Å². The normalized spacial score (nSPS) is 14.3. The van der Waals surface area contributed by atoms with E-state index >= 15 is 0 Å². The molecule has 2 nitrogen and oxygen atoms in total. The Morgan fingerprint density at radius 3 is 2.37 bits per heavy atom. The number of benzene rings is 1. The van der Waals surface area contributed by atoms with Gasteiger partial charge in [0.25, 0.3) is 0 Å². The van der Waals surface area contributed by atoms with Crippen molar-refractivity contribution in [2.24, 2.45) is 11.7 Å². The van der Waals surface area contributed by atoms with E-state index in [0.717, 1.165) is 30.8 Å². The van der Waals surface area contributed by atoms with Crippen LogP contribution in [0.25, 0.3) is 0 Å². The van der Waals surface area contributed by atoms with Crippen molar-refractivity contribution >= 4 is 5.69 Å². The van der Waals surface area contributed by atoms with Gasteiger partial charge in [-0.2, -0.15) is 0 Å². The molecular weight excluding hydrogens is 239 g/mol. The highest BCUT2D eigenvalue weighted by atomic mass is 19.1. The Labute approximate surface area is 116 Å². The molecule has 0 fully saturated rings. The molecule has 0 saturated heterocycles. The minimum absolute atomic E-state index is 0.156. The summed E-state index contributed by atoms with van der Waals surface area (Å²) in [6.07, 6.45) is 1.14. The first kappa shape index (κ1) is 16.0. The van der Waals surface area contributed by atoms with Crippen LogP contribution in [0.5, 0.6) is 0 Å². The third-order valence-electron chi connectivity index (χ3n) is 3.75. The maximum atomic E-state index is 13.7. The van der Waals surface area contributed by atoms with Gasteiger partial charge in [0.15, 0.2) is 0 Å². The van der Waals surface area contributed by atoms with Crippen LogP contribution in [-0.2, 0) is 0 Å². The molecule has 0 bridgehead atoms. The molecule has 19 heavy (non-hydrogen) atoms. The number of hydrogen-bond donors (Lipinski definition) is 1. The zero-order valence-electron chi connectivity index (χ0n) is 12.8. The fraction of sp³-hybridized carbons (Fsp3) is 0.625. The summed E-state index contributed by atoms with van der Waals surface area (Å²) < 4.78 is 13.7. The molecule has 0 saturated carbocycles. The van der Waals surface area contributed by atoms with Crippen LogP contribution < -0.4 is 10.6 Å². The predicted octanol–water partition coefficient (Wildman–Crippen LogP) is 4.03. The molecule has 3 heteroatoms. The molecule has 1 rings (SSSR count). The molecule has 0 aliphatic heterocycles. The molecule has 2 atom stereocenters. The lowest BCUT2D eigenvalue weighted by atomic mass is 10.0. The topological polar surface area (TPSA) is 29.3 Å². The molecule has 1 aromatic carbocycles. The Kier molecular flexibility index (Phi) is 5.80. The SMILES string of the molecule is CCC(C)CN(CC)c1cc(C)c(F)cc1C(C)N. The summed E-state index contributed by atoms with van der Waals surface area (Å²) in [6.45, 7) is 12.2. The van der Waals surface area contributed by atoms with Gasteiger partial charge in [-0.1, -0.05) is 20.3 Å². The monoisotopic (exact) mass is 266 g/mol. The summed E-state index contributed by atoms with van der Waals surface area (Å²) in [5.41, 5.74) is 8.66. The van der Waals surface area contributed by atoms with Gasteiger partial charge in [-0.25, -0.2) is 4.39 Å². The number of nitrogens with zero attached hydrogens (tertiary/aromatic N) is 1. The van der Waals surface area contributed by atoms with Crippen LogP contribution in [-0.4, -0.2) is 13.1 Å². The summed E-state index contributed by atoms with van der Waals surface area (Å²) in [4.78, 5) is 2.30. The van der Waals surface area contributed by atoms with Crippen LogP contribution in [0.4, 0.5) is 10.1 Å². The fourth-order valence-electron chi connectivity index (χ4n) is 2.22. The van der Waals surface area contributed by atoms with Gasteiger partial charge in [0.05, 0.1) is 0 Å². The van der Waals surface area contributed by atoms with Crippen LogP contribution >= 0.6 is 0 Å². The number of hydrogen-bond acceptors (Lipinski definition) is 2. The summed E-state index contributed by atoms with van der Waals surface area (Å²) in [7, 11) is 0. The van der Waals surface area contributed by atoms with Crippen LogP contribution in [0.15, 0.2) is 12.1 Å². The van der Waals surface area contributed by atoms with Crippen molar-refractivity contribution in [3.63, 3.8) is 0 Å². The maximum absolute atomic E-state index is 13.7. The summed E-state index contributed by atoms with van der Waals surface area (Å²) >= 11 is 0. The highest BCUT2D eigenvalue weighted by molar-refractivity contribution is 5.57. The highest BCUT2D eigenvalue weighted by Crippen LogP contribution is 2.29. The van der Waals surface area contributed by atoms with Crippen molar-refractivity contribution in [2.75, 3.05) is 18.0 Å². The predicted molar refractivity (Wildman–Crippen MR) is 81.1 cm³/mol. The van der Waals surface area contributed by atoms with Gasteiger partial charge in [-0.15, -0.1) is 0 Å². The molecule has 0 amide bonds. The Balaban J connectivity index is 3.17. The Morgan fingerprint density at radius 2 is 1.89 bits per heavy atom. The number of halogens is 1. The quantitative estimate of drug-likeness (QED) is 0.842. The van der Waals surface area contributed by atoms with E-state index in [1.807, 2.05) is 13.0 Å². The van der Waals surface area contributed by atoms with Gasteiger partial charge in [-0.3, -0.25) is 0 Å². The zero-order chi connectivity index (χ0) is 14.6. The zero-order valence-corrected chi connectivity index (χ0v) is 12.8. The smallest absolute Gasteiger partial charge is 0.126 e. The van der Waals surface area contributed by atoms with E-state index in [0.29, 0.717) is 11.5 Å². The third-order valence-corrected chi connectivity index (χ3v) is 3.75. The molecule has 108 valence electrons. The number of nitrogens with two attached hydrogens (primary N) is 1. The molecule has 2 unspecified atom stereocenters. The third kappa shape index (κ3) is 3.93. The molecular formula is C16H27FN2. The summed E-state index contributed by atoms with van der Waals surface area (Å²) in [5, 5.41) is 0. The standard InChI is InChI=1S/C16H27FN2/c1-6-11(3)10-19(7-2)16-8-12(4)15(17)9-14(16)13(5)18/h8-9,11,13H,6-7,10,18H2,1-5H3. The summed E-state index contributed by atoms with van der Waals surface area (Å²) in [5.74, 6) is 0.446. The first-order valence-electron chi connectivity index (χ1n) is 7.21. The Morgan fingerprint density at radius 1 is 1.26 bits per heavy atom. The summed E-state index contributed by atoms with van der Waals surface area (Å²) in [6, 6.07) is 3.37. The van der Waals surface area contributed by atoms with Crippen molar-refractivity contribution in [3.8, 4) is 0 Å². The van der Waals surface area contributed by atoms with E-state index < -0.39 is 0 Å². The van der Waals surface area contributed by atoms with E-state index in [4.69, 9.17) is 5.73 Å². The van der Waals surface area contributed by atoms with Crippen molar-refractivity contribution in [1.29, 1.82) is 0 Å². The lowest BCUT2D eigenvalue weighted by Gasteiger charge is -2.30. The second-order valence-corrected chi connectivity index (χ2v) is 5.50. The van der Waals surface area contributed by atoms with Crippen LogP contribution in [0.1, 0.15) is 51.3 Å². The molecule has 0 heterocycles. The first-order valence-corrected chi connectivity index (χ1v) is 7.21. The van der Waals surface area contributed by atoms with Crippen molar-refractivity contribution < 1.29 is 4.39 Å². The molecule has 0 spiro atoms. The lowest BCUT2D eigenvalue weighted by molar-refractivity contribution is 0.545. The van der Waals surface area contributed by atoms with Crippen LogP contribution in [0.3, 0.4) is 0 Å². The Bertz CT molecular complexity index is 415. The van der Waals surface area contributed by atoms with E-state index in [1.165, 1.54) is 0 Å². The molecule has 0 aliphatic carbocycles. The van der Waals surface area contributed by atoms with Crippen molar-refractivity contribution in [2.45, 2.75) is 47.1 Å². The van der Waals surface area contributed by atoms with Crippen LogP contribution in [0, 0.1) is 18.7 Å². The molecule has 1 aromatic rings. The van der Waals surface area contributed by atoms with Gasteiger partial charge in [0, 0.05) is 24.8 Å². The minimum Gasteiger partial charge on any atom is -0.371 e. The highest BCUT2D eigenvalue weighted by Gasteiger charge is 2.16. The second kappa shape index (κ2) is 6.90. The maximum Gasteiger partial charge on any atom is 0.126 e. The van der Waals surface area contributed by atoms with Crippen molar-refractivity contribution in [1.82, 2.24) is 0 Å². The number of aryl methyl sites for hydroxylation is 1. The van der Waals surface area contributed by atoms with Gasteiger partial charge in [0.1, 0.15) is 5.82 Å². The first-order chi connectivity index (χ1) is 8.90. The van der Waals surface area contributed by atoms with Gasteiger partial charge < -0.3 is 10.6 Å². The molecule has 2 N–H and O–H groups in total. The molecule has 0 aliphatic rings. The lowest BCUT2D eigenvalue weighted by Crippen LogP contribution is -2.30. The second-order valence-electron chi connectivity index (χ2n) is 5.50. The van der Waals surface area contributed by atoms with E-state index in [2.05, 4.69) is 25.7 Å². The minimum atomic E-state index is -0.171. The fourth-order valence-corrected chi connectivity index (χ4v) is 2.22. The van der Waals surface area contributed by atoms with Gasteiger partial charge in [-0.05, 0) is 49.9 Å². The van der Waals surface area contributed by atoms with E-state index in [9.17, 15) is 4.39 Å². The average Bonchev–Trinajstić information content (AvgIpc) is 2.38. The average molecular weight is 266 g/mol. The largest absolute Gasteiger partial charge is 0.371 e. The van der Waals surface area contributed by atoms with Gasteiger partial charge in [0.2, 0.25) is 0 Å². The van der Waals surface area contributed by atoms with Crippen molar-refractivity contribution in [3.05, 3.63) is 29.1 Å².